The number of nitrogens with zero attached hydrogens (tertiary/aromatic N) is 1. The molecule has 3 N–H and O–H groups in total. The Morgan fingerprint density at radius 2 is 1.81 bits per heavy atom. The first-order chi connectivity index (χ1) is 14.9. The van der Waals surface area contributed by atoms with Crippen LogP contribution in [0.5, 0.6) is 11.5 Å². The molecule has 0 atom stereocenters. The molecule has 0 spiro atoms. The van der Waals surface area contributed by atoms with Crippen molar-refractivity contribution in [1.29, 1.82) is 0 Å². The van der Waals surface area contributed by atoms with Crippen LogP contribution in [0.15, 0.2) is 54.6 Å². The van der Waals surface area contributed by atoms with Gasteiger partial charge < -0.3 is 20.2 Å². The van der Waals surface area contributed by atoms with E-state index in [2.05, 4.69) is 9.97 Å². The van der Waals surface area contributed by atoms with E-state index in [0.29, 0.717) is 32.9 Å². The van der Waals surface area contributed by atoms with Crippen LogP contribution < -0.4 is 15.2 Å². The van der Waals surface area contributed by atoms with Crippen LogP contribution in [0.2, 0.25) is 10.0 Å². The molecule has 4 aromatic rings. The standard InChI is InChI=1S/C23H19Cl2N3O3/c1-13-2-6-18-19(8-13)28-22(27-18)12-31-20-7-4-14(23(26)29)9-21(20)30-11-15-3-5-16(24)10-17(15)25/h2-10H,11-12H2,1H3,(H2,26,29)(H,27,28). The van der Waals surface area contributed by atoms with Crippen LogP contribution in [-0.4, -0.2) is 15.9 Å². The van der Waals surface area contributed by atoms with Gasteiger partial charge in [-0.15, -0.1) is 0 Å². The minimum atomic E-state index is -0.562. The van der Waals surface area contributed by atoms with Crippen LogP contribution in [0.1, 0.15) is 27.3 Å². The molecular formula is C23H19Cl2N3O3. The number of hydrogen-bond donors (Lipinski definition) is 2. The summed E-state index contributed by atoms with van der Waals surface area (Å²) in [5.74, 6) is 0.931. The summed E-state index contributed by atoms with van der Waals surface area (Å²) >= 11 is 12.2. The quantitative estimate of drug-likeness (QED) is 0.388. The summed E-state index contributed by atoms with van der Waals surface area (Å²) in [4.78, 5) is 19.4. The third kappa shape index (κ3) is 4.93. The number of ether oxygens (including phenoxy) is 2. The highest BCUT2D eigenvalue weighted by molar-refractivity contribution is 6.35. The van der Waals surface area contributed by atoms with E-state index in [1.807, 2.05) is 25.1 Å². The molecular weight excluding hydrogens is 437 g/mol. The number of rotatable bonds is 7. The normalized spacial score (nSPS) is 10.9. The number of imidazole rings is 1. The van der Waals surface area contributed by atoms with Crippen molar-refractivity contribution in [2.75, 3.05) is 0 Å². The second-order valence-electron chi connectivity index (χ2n) is 7.04. The van der Waals surface area contributed by atoms with Gasteiger partial charge >= 0.3 is 0 Å². The molecule has 6 nitrogen and oxygen atoms in total. The summed E-state index contributed by atoms with van der Waals surface area (Å²) in [5.41, 5.74) is 9.41. The average Bonchev–Trinajstić information content (AvgIpc) is 3.13. The number of carbonyl (C=O) groups excluding carboxylic acids is 1. The van der Waals surface area contributed by atoms with E-state index >= 15 is 0 Å². The fourth-order valence-corrected chi connectivity index (χ4v) is 3.54. The second-order valence-corrected chi connectivity index (χ2v) is 7.89. The Balaban J connectivity index is 1.54. The Bertz CT molecular complexity index is 1270. The molecule has 0 radical (unpaired) electrons. The largest absolute Gasteiger partial charge is 0.485 e. The van der Waals surface area contributed by atoms with Crippen molar-refractivity contribution >= 4 is 40.1 Å². The molecule has 0 unspecified atom stereocenters. The van der Waals surface area contributed by atoms with Crippen LogP contribution in [0.3, 0.4) is 0 Å². The van der Waals surface area contributed by atoms with Crippen molar-refractivity contribution in [2.24, 2.45) is 5.73 Å². The first-order valence-electron chi connectivity index (χ1n) is 9.47. The third-order valence-electron chi connectivity index (χ3n) is 4.68. The Kier molecular flexibility index (Phi) is 6.02. The average molecular weight is 456 g/mol. The maximum Gasteiger partial charge on any atom is 0.248 e. The number of fused-ring (bicyclic) bond motifs is 1. The number of benzene rings is 3. The molecule has 0 aliphatic rings. The van der Waals surface area contributed by atoms with Gasteiger partial charge in [-0.3, -0.25) is 4.79 Å². The molecule has 3 aromatic carbocycles. The van der Waals surface area contributed by atoms with Gasteiger partial charge in [0.2, 0.25) is 5.91 Å². The smallest absolute Gasteiger partial charge is 0.248 e. The summed E-state index contributed by atoms with van der Waals surface area (Å²) in [6.07, 6.45) is 0. The highest BCUT2D eigenvalue weighted by Crippen LogP contribution is 2.31. The number of amides is 1. The molecule has 0 saturated carbocycles. The lowest BCUT2D eigenvalue weighted by Gasteiger charge is -2.14. The molecule has 1 heterocycles. The number of carbonyl (C=O) groups is 1. The number of nitrogens with two attached hydrogens (primary N) is 1. The molecule has 0 saturated heterocycles. The SMILES string of the molecule is Cc1ccc2nc(COc3ccc(C(N)=O)cc3OCc3ccc(Cl)cc3Cl)[nH]c2c1. The zero-order chi connectivity index (χ0) is 22.0. The summed E-state index contributed by atoms with van der Waals surface area (Å²) in [7, 11) is 0. The Labute approximate surface area is 188 Å². The van der Waals surface area contributed by atoms with E-state index in [1.165, 1.54) is 0 Å². The maximum absolute atomic E-state index is 11.6. The van der Waals surface area contributed by atoms with Gasteiger partial charge in [0.05, 0.1) is 11.0 Å². The number of primary amides is 1. The fourth-order valence-electron chi connectivity index (χ4n) is 3.08. The number of nitrogens with one attached hydrogen (secondary N) is 1. The first-order valence-corrected chi connectivity index (χ1v) is 10.2. The minimum absolute atomic E-state index is 0.165. The molecule has 0 aliphatic heterocycles. The van der Waals surface area contributed by atoms with Gasteiger partial charge in [0.25, 0.3) is 0 Å². The molecule has 0 fully saturated rings. The van der Waals surface area contributed by atoms with Crippen molar-refractivity contribution < 1.29 is 14.3 Å². The molecule has 158 valence electrons. The summed E-state index contributed by atoms with van der Waals surface area (Å²) < 4.78 is 11.8. The van der Waals surface area contributed by atoms with Crippen molar-refractivity contribution in [3.05, 3.63) is 87.2 Å². The fraction of sp³-hybridized carbons (Fsp3) is 0.130. The van der Waals surface area contributed by atoms with Crippen LogP contribution >= 0.6 is 23.2 Å². The highest BCUT2D eigenvalue weighted by Gasteiger charge is 2.13. The van der Waals surface area contributed by atoms with Crippen molar-refractivity contribution in [1.82, 2.24) is 9.97 Å². The maximum atomic E-state index is 11.6. The number of hydrogen-bond acceptors (Lipinski definition) is 4. The van der Waals surface area contributed by atoms with E-state index < -0.39 is 5.91 Å². The molecule has 4 rings (SSSR count). The highest BCUT2D eigenvalue weighted by atomic mass is 35.5. The van der Waals surface area contributed by atoms with Gasteiger partial charge in [0.15, 0.2) is 11.5 Å². The lowest BCUT2D eigenvalue weighted by Crippen LogP contribution is -2.11. The van der Waals surface area contributed by atoms with Crippen LogP contribution in [0, 0.1) is 6.92 Å². The van der Waals surface area contributed by atoms with Crippen LogP contribution in [0.25, 0.3) is 11.0 Å². The lowest BCUT2D eigenvalue weighted by atomic mass is 10.2. The van der Waals surface area contributed by atoms with Crippen molar-refractivity contribution in [3.8, 4) is 11.5 Å². The van der Waals surface area contributed by atoms with Gasteiger partial charge in [-0.2, -0.15) is 0 Å². The molecule has 0 aliphatic carbocycles. The van der Waals surface area contributed by atoms with Crippen LogP contribution in [-0.2, 0) is 13.2 Å². The number of halogens is 2. The van der Waals surface area contributed by atoms with Crippen LogP contribution in [0.4, 0.5) is 0 Å². The minimum Gasteiger partial charge on any atom is -0.485 e. The predicted octanol–water partition coefficient (Wildman–Crippen LogP) is 5.44. The Morgan fingerprint density at radius 3 is 2.58 bits per heavy atom. The molecule has 1 aromatic heterocycles. The van der Waals surface area contributed by atoms with Gasteiger partial charge in [-0.1, -0.05) is 35.3 Å². The van der Waals surface area contributed by atoms with Crippen molar-refractivity contribution in [2.45, 2.75) is 20.1 Å². The first kappa shape index (κ1) is 21.0. The van der Waals surface area contributed by atoms with E-state index in [9.17, 15) is 4.79 Å². The molecule has 8 heteroatoms. The van der Waals surface area contributed by atoms with Gasteiger partial charge in [0.1, 0.15) is 19.0 Å². The number of H-pyrrole nitrogens is 1. The molecule has 1 amide bonds. The topological polar surface area (TPSA) is 90.2 Å². The monoisotopic (exact) mass is 455 g/mol. The van der Waals surface area contributed by atoms with E-state index in [-0.39, 0.29) is 13.2 Å². The lowest BCUT2D eigenvalue weighted by molar-refractivity contribution is 0.0999. The zero-order valence-corrected chi connectivity index (χ0v) is 18.1. The van der Waals surface area contributed by atoms with Gasteiger partial charge in [-0.25, -0.2) is 4.98 Å². The number of aromatic amines is 1. The Hall–Kier alpha value is -3.22. The molecule has 31 heavy (non-hydrogen) atoms. The van der Waals surface area contributed by atoms with Crippen molar-refractivity contribution in [3.63, 3.8) is 0 Å². The molecule has 0 bridgehead atoms. The Morgan fingerprint density at radius 1 is 1.00 bits per heavy atom. The predicted molar refractivity (Wildman–Crippen MR) is 121 cm³/mol. The summed E-state index contributed by atoms with van der Waals surface area (Å²) in [6.45, 7) is 2.38. The summed E-state index contributed by atoms with van der Waals surface area (Å²) in [5, 5.41) is 1.02. The van der Waals surface area contributed by atoms with E-state index in [4.69, 9.17) is 38.4 Å². The number of aromatic nitrogens is 2. The van der Waals surface area contributed by atoms with E-state index in [0.717, 1.165) is 22.2 Å². The number of aryl methyl sites for hydroxylation is 1. The third-order valence-corrected chi connectivity index (χ3v) is 5.26. The van der Waals surface area contributed by atoms with Gasteiger partial charge in [0, 0.05) is 21.2 Å². The van der Waals surface area contributed by atoms with Gasteiger partial charge in [-0.05, 0) is 55.0 Å². The van der Waals surface area contributed by atoms with E-state index in [1.54, 1.807) is 36.4 Å². The second kappa shape index (κ2) is 8.88. The zero-order valence-electron chi connectivity index (χ0n) is 16.6. The summed E-state index contributed by atoms with van der Waals surface area (Å²) in [6, 6.07) is 15.9.